The molecule has 0 saturated carbocycles. The number of hydrogen-bond acceptors (Lipinski definition) is 4. The van der Waals surface area contributed by atoms with E-state index in [1.54, 1.807) is 11.3 Å². The SMILES string of the molecule is Cc1ccc(C)c(OC2CCN(C(C)C(=O)NCc3cccs3)CC2)c1. The van der Waals surface area contributed by atoms with Crippen LogP contribution in [0.25, 0.3) is 0 Å². The fourth-order valence-corrected chi connectivity index (χ4v) is 3.94. The summed E-state index contributed by atoms with van der Waals surface area (Å²) in [6.45, 7) is 8.57. The number of rotatable bonds is 6. The molecule has 1 aliphatic rings. The molecular formula is C21H28N2O2S. The number of carbonyl (C=O) groups excluding carboxylic acids is 1. The zero-order chi connectivity index (χ0) is 18.5. The van der Waals surface area contributed by atoms with E-state index in [1.165, 1.54) is 16.0 Å². The standard InChI is InChI=1S/C21H28N2O2S/c1-15-6-7-16(2)20(13-15)25-18-8-10-23(11-9-18)17(3)21(24)22-14-19-5-4-12-26-19/h4-7,12-13,17-18H,8-11,14H2,1-3H3,(H,22,24). The maximum Gasteiger partial charge on any atom is 0.237 e. The van der Waals surface area contributed by atoms with Gasteiger partial charge < -0.3 is 10.1 Å². The average Bonchev–Trinajstić information content (AvgIpc) is 3.16. The van der Waals surface area contributed by atoms with Crippen molar-refractivity contribution in [3.8, 4) is 5.75 Å². The number of piperidine rings is 1. The van der Waals surface area contributed by atoms with Crippen LogP contribution in [-0.2, 0) is 11.3 Å². The third kappa shape index (κ3) is 4.86. The van der Waals surface area contributed by atoms with E-state index in [0.29, 0.717) is 6.54 Å². The first-order valence-electron chi connectivity index (χ1n) is 9.31. The Morgan fingerprint density at radius 3 is 2.77 bits per heavy atom. The number of benzene rings is 1. The Hall–Kier alpha value is -1.85. The normalized spacial score (nSPS) is 17.0. The van der Waals surface area contributed by atoms with Gasteiger partial charge in [-0.1, -0.05) is 18.2 Å². The highest BCUT2D eigenvalue weighted by molar-refractivity contribution is 7.09. The number of aryl methyl sites for hydroxylation is 2. The van der Waals surface area contributed by atoms with Gasteiger partial charge >= 0.3 is 0 Å². The van der Waals surface area contributed by atoms with Gasteiger partial charge in [0.1, 0.15) is 11.9 Å². The molecule has 1 unspecified atom stereocenters. The smallest absolute Gasteiger partial charge is 0.237 e. The molecule has 1 N–H and O–H groups in total. The second-order valence-corrected chi connectivity index (χ2v) is 8.13. The van der Waals surface area contributed by atoms with E-state index in [4.69, 9.17) is 4.74 Å². The van der Waals surface area contributed by atoms with Gasteiger partial charge in [0.05, 0.1) is 12.6 Å². The van der Waals surface area contributed by atoms with Gasteiger partial charge in [0.15, 0.2) is 0 Å². The molecule has 140 valence electrons. The molecule has 1 aliphatic heterocycles. The molecule has 1 aromatic heterocycles. The van der Waals surface area contributed by atoms with Crippen molar-refractivity contribution in [1.29, 1.82) is 0 Å². The predicted octanol–water partition coefficient (Wildman–Crippen LogP) is 3.91. The number of thiophene rings is 1. The highest BCUT2D eigenvalue weighted by Crippen LogP contribution is 2.24. The average molecular weight is 373 g/mol. The van der Waals surface area contributed by atoms with Gasteiger partial charge in [-0.25, -0.2) is 0 Å². The fourth-order valence-electron chi connectivity index (χ4n) is 3.30. The lowest BCUT2D eigenvalue weighted by Crippen LogP contribution is -2.49. The Bertz CT molecular complexity index is 722. The Kier molecular flexibility index (Phi) is 6.33. The monoisotopic (exact) mass is 372 g/mol. The van der Waals surface area contributed by atoms with Gasteiger partial charge in [0, 0.05) is 18.0 Å². The van der Waals surface area contributed by atoms with Crippen molar-refractivity contribution in [3.05, 3.63) is 51.7 Å². The highest BCUT2D eigenvalue weighted by atomic mass is 32.1. The Labute approximate surface area is 160 Å². The maximum absolute atomic E-state index is 12.4. The van der Waals surface area contributed by atoms with Crippen LogP contribution in [0.1, 0.15) is 35.8 Å². The zero-order valence-corrected chi connectivity index (χ0v) is 16.6. The first-order chi connectivity index (χ1) is 12.5. The minimum Gasteiger partial charge on any atom is -0.490 e. The first kappa shape index (κ1) is 18.9. The first-order valence-corrected chi connectivity index (χ1v) is 10.2. The number of amides is 1. The summed E-state index contributed by atoms with van der Waals surface area (Å²) < 4.78 is 6.23. The summed E-state index contributed by atoms with van der Waals surface area (Å²) >= 11 is 1.67. The van der Waals surface area contributed by atoms with E-state index in [9.17, 15) is 4.79 Å². The lowest BCUT2D eigenvalue weighted by atomic mass is 10.0. The topological polar surface area (TPSA) is 41.6 Å². The van der Waals surface area contributed by atoms with E-state index in [1.807, 2.05) is 24.4 Å². The molecule has 2 heterocycles. The fraction of sp³-hybridized carbons (Fsp3) is 0.476. The van der Waals surface area contributed by atoms with Crippen molar-refractivity contribution >= 4 is 17.2 Å². The predicted molar refractivity (Wildman–Crippen MR) is 107 cm³/mol. The summed E-state index contributed by atoms with van der Waals surface area (Å²) in [6, 6.07) is 10.3. The quantitative estimate of drug-likeness (QED) is 0.836. The van der Waals surface area contributed by atoms with E-state index in [2.05, 4.69) is 42.3 Å². The molecule has 1 saturated heterocycles. The van der Waals surface area contributed by atoms with Gasteiger partial charge in [0.2, 0.25) is 5.91 Å². The second-order valence-electron chi connectivity index (χ2n) is 7.10. The Morgan fingerprint density at radius 1 is 1.31 bits per heavy atom. The summed E-state index contributed by atoms with van der Waals surface area (Å²) in [7, 11) is 0. The molecule has 1 aromatic carbocycles. The van der Waals surface area contributed by atoms with Crippen LogP contribution in [0.2, 0.25) is 0 Å². The van der Waals surface area contributed by atoms with Crippen LogP contribution in [0, 0.1) is 13.8 Å². The molecule has 1 amide bonds. The van der Waals surface area contributed by atoms with Crippen LogP contribution in [0.5, 0.6) is 5.75 Å². The van der Waals surface area contributed by atoms with E-state index in [-0.39, 0.29) is 18.1 Å². The van der Waals surface area contributed by atoms with Crippen LogP contribution in [0.3, 0.4) is 0 Å². The third-order valence-corrected chi connectivity index (χ3v) is 5.93. The maximum atomic E-state index is 12.4. The molecule has 0 radical (unpaired) electrons. The number of ether oxygens (including phenoxy) is 1. The number of nitrogens with zero attached hydrogens (tertiary/aromatic N) is 1. The van der Waals surface area contributed by atoms with Crippen LogP contribution in [0.4, 0.5) is 0 Å². The van der Waals surface area contributed by atoms with Crippen LogP contribution < -0.4 is 10.1 Å². The lowest BCUT2D eigenvalue weighted by molar-refractivity contribution is -0.126. The van der Waals surface area contributed by atoms with Gasteiger partial charge in [-0.05, 0) is 62.3 Å². The van der Waals surface area contributed by atoms with Crippen molar-refractivity contribution in [2.75, 3.05) is 13.1 Å². The van der Waals surface area contributed by atoms with E-state index >= 15 is 0 Å². The summed E-state index contributed by atoms with van der Waals surface area (Å²) in [6.07, 6.45) is 2.14. The minimum absolute atomic E-state index is 0.100. The minimum atomic E-state index is -0.100. The number of likely N-dealkylation sites (tertiary alicyclic amines) is 1. The molecule has 0 bridgehead atoms. The van der Waals surface area contributed by atoms with Crippen LogP contribution in [-0.4, -0.2) is 36.0 Å². The Balaban J connectivity index is 1.46. The summed E-state index contributed by atoms with van der Waals surface area (Å²) in [4.78, 5) is 15.9. The molecule has 5 heteroatoms. The second kappa shape index (κ2) is 8.69. The molecular weight excluding hydrogens is 344 g/mol. The van der Waals surface area contributed by atoms with Gasteiger partial charge in [-0.2, -0.15) is 0 Å². The van der Waals surface area contributed by atoms with Crippen molar-refractivity contribution in [2.45, 2.75) is 52.3 Å². The third-order valence-electron chi connectivity index (χ3n) is 5.06. The van der Waals surface area contributed by atoms with Crippen LogP contribution >= 0.6 is 11.3 Å². The van der Waals surface area contributed by atoms with Crippen molar-refractivity contribution < 1.29 is 9.53 Å². The van der Waals surface area contributed by atoms with Crippen molar-refractivity contribution in [2.24, 2.45) is 0 Å². The molecule has 4 nitrogen and oxygen atoms in total. The molecule has 1 fully saturated rings. The van der Waals surface area contributed by atoms with Gasteiger partial charge in [-0.3, -0.25) is 9.69 Å². The van der Waals surface area contributed by atoms with Gasteiger partial charge in [-0.15, -0.1) is 11.3 Å². The summed E-state index contributed by atoms with van der Waals surface area (Å²) in [5.74, 6) is 1.09. The number of nitrogens with one attached hydrogen (secondary N) is 1. The summed E-state index contributed by atoms with van der Waals surface area (Å²) in [5.41, 5.74) is 2.40. The molecule has 26 heavy (non-hydrogen) atoms. The van der Waals surface area contributed by atoms with Crippen molar-refractivity contribution in [1.82, 2.24) is 10.2 Å². The molecule has 0 spiro atoms. The van der Waals surface area contributed by atoms with Gasteiger partial charge in [0.25, 0.3) is 0 Å². The molecule has 3 rings (SSSR count). The number of carbonyl (C=O) groups is 1. The van der Waals surface area contributed by atoms with Crippen LogP contribution in [0.15, 0.2) is 35.7 Å². The number of hydrogen-bond donors (Lipinski definition) is 1. The molecule has 0 aliphatic carbocycles. The highest BCUT2D eigenvalue weighted by Gasteiger charge is 2.27. The lowest BCUT2D eigenvalue weighted by Gasteiger charge is -2.35. The summed E-state index contributed by atoms with van der Waals surface area (Å²) in [5, 5.41) is 5.08. The van der Waals surface area contributed by atoms with E-state index < -0.39 is 0 Å². The molecule has 2 aromatic rings. The molecule has 1 atom stereocenters. The Morgan fingerprint density at radius 2 is 2.08 bits per heavy atom. The largest absolute Gasteiger partial charge is 0.490 e. The van der Waals surface area contributed by atoms with Crippen molar-refractivity contribution in [3.63, 3.8) is 0 Å². The van der Waals surface area contributed by atoms with E-state index in [0.717, 1.165) is 31.7 Å². The zero-order valence-electron chi connectivity index (χ0n) is 15.8.